The van der Waals surface area contributed by atoms with Crippen molar-refractivity contribution < 1.29 is 23.4 Å². The summed E-state index contributed by atoms with van der Waals surface area (Å²) in [6.45, 7) is 10.1. The average molecular weight is 671 g/mol. The molecule has 0 bridgehead atoms. The highest BCUT2D eigenvalue weighted by atomic mass is 19.1. The van der Waals surface area contributed by atoms with Crippen molar-refractivity contribution in [3.05, 3.63) is 47.7 Å². The Bertz CT molecular complexity index is 1930. The maximum atomic E-state index is 17.0. The minimum absolute atomic E-state index is 0.00521. The second kappa shape index (κ2) is 11.7. The summed E-state index contributed by atoms with van der Waals surface area (Å²) < 4.78 is 44.5. The monoisotopic (exact) mass is 670 g/mol. The molecule has 4 saturated heterocycles. The number of aromatic hydroxyl groups is 1. The van der Waals surface area contributed by atoms with Crippen LogP contribution in [0.2, 0.25) is 0 Å². The molecule has 49 heavy (non-hydrogen) atoms. The second-order valence-electron chi connectivity index (χ2n) is 15.5. The number of aromatic nitrogens is 3. The third-order valence-corrected chi connectivity index (χ3v) is 12.0. The largest absolute Gasteiger partial charge is 0.508 e. The number of anilines is 1. The van der Waals surface area contributed by atoms with Crippen LogP contribution in [0.5, 0.6) is 11.8 Å². The van der Waals surface area contributed by atoms with E-state index in [-0.39, 0.29) is 39.8 Å². The first-order chi connectivity index (χ1) is 23.7. The van der Waals surface area contributed by atoms with Gasteiger partial charge in [-0.2, -0.15) is 9.97 Å². The van der Waals surface area contributed by atoms with Crippen LogP contribution in [-0.4, -0.2) is 102 Å². The van der Waals surface area contributed by atoms with E-state index in [2.05, 4.69) is 26.7 Å². The van der Waals surface area contributed by atoms with E-state index in [1.165, 1.54) is 25.2 Å². The lowest BCUT2D eigenvalue weighted by Crippen LogP contribution is -2.56. The van der Waals surface area contributed by atoms with Gasteiger partial charge in [0.1, 0.15) is 28.6 Å². The first kappa shape index (κ1) is 31.3. The smallest absolute Gasteiger partial charge is 0.319 e. The summed E-state index contributed by atoms with van der Waals surface area (Å²) in [5.74, 6) is 1.02. The molecule has 4 aromatic rings. The molecule has 1 saturated carbocycles. The van der Waals surface area contributed by atoms with E-state index in [1.54, 1.807) is 18.3 Å². The Morgan fingerprint density at radius 2 is 1.84 bits per heavy atom. The summed E-state index contributed by atoms with van der Waals surface area (Å²) in [6, 6.07) is 6.17. The van der Waals surface area contributed by atoms with Crippen LogP contribution in [0.4, 0.5) is 14.6 Å². The van der Waals surface area contributed by atoms with Crippen molar-refractivity contribution in [3.63, 3.8) is 0 Å². The van der Waals surface area contributed by atoms with Crippen molar-refractivity contribution in [1.29, 1.82) is 0 Å². The number of halogens is 2. The van der Waals surface area contributed by atoms with Gasteiger partial charge in [0.05, 0.1) is 24.2 Å². The number of phenols is 1. The van der Waals surface area contributed by atoms with Crippen molar-refractivity contribution in [2.24, 2.45) is 17.3 Å². The van der Waals surface area contributed by atoms with Gasteiger partial charge in [-0.05, 0) is 85.5 Å². The zero-order valence-corrected chi connectivity index (χ0v) is 28.4. The number of aryl methyl sites for hydroxylation is 1. The van der Waals surface area contributed by atoms with Crippen molar-refractivity contribution in [1.82, 2.24) is 24.8 Å². The summed E-state index contributed by atoms with van der Waals surface area (Å²) in [6.07, 6.45) is 7.11. The lowest BCUT2D eigenvalue weighted by molar-refractivity contribution is -0.151. The first-order valence-electron chi connectivity index (χ1n) is 18.0. The fourth-order valence-electron chi connectivity index (χ4n) is 9.21. The van der Waals surface area contributed by atoms with E-state index in [0.717, 1.165) is 76.7 Å². The van der Waals surface area contributed by atoms with Gasteiger partial charge in [-0.3, -0.25) is 4.98 Å². The number of pyridine rings is 1. The fraction of sp³-hybridized carbons (Fsp3) is 0.553. The van der Waals surface area contributed by atoms with Gasteiger partial charge in [-0.15, -0.1) is 0 Å². The number of rotatable bonds is 8. The first-order valence-corrected chi connectivity index (χ1v) is 18.0. The number of piperidine rings is 1. The molecule has 9 nitrogen and oxygen atoms in total. The highest BCUT2D eigenvalue weighted by Crippen LogP contribution is 2.48. The number of phenolic OH excluding ortho intramolecular Hbond substituents is 1. The fourth-order valence-corrected chi connectivity index (χ4v) is 9.21. The van der Waals surface area contributed by atoms with Gasteiger partial charge in [-0.25, -0.2) is 8.78 Å². The molecule has 5 aliphatic rings. The van der Waals surface area contributed by atoms with Crippen molar-refractivity contribution in [2.45, 2.75) is 51.0 Å². The molecule has 3 atom stereocenters. The van der Waals surface area contributed by atoms with E-state index >= 15 is 8.78 Å². The molecule has 0 amide bonds. The standard InChI is InChI=1S/C38H44F2N6O3/c1-3-27-30(39)6-5-23-13-26(47)14-28(31(23)27)33-32(40)34-29(15-41-33)35(46-11-4-7-38(21-46)10-12-49-38)43-36(42-34)48-22-37(8-9-37)20-45-18-24-16-44(2)17-25(24)19-45/h5-6,13-15,24-25,47H,3-4,7-12,16-22H2,1-2H3. The highest BCUT2D eigenvalue weighted by molar-refractivity contribution is 6.01. The van der Waals surface area contributed by atoms with Crippen LogP contribution >= 0.6 is 0 Å². The van der Waals surface area contributed by atoms with Gasteiger partial charge < -0.3 is 29.3 Å². The third kappa shape index (κ3) is 5.49. The number of benzene rings is 2. The predicted octanol–water partition coefficient (Wildman–Crippen LogP) is 5.80. The Morgan fingerprint density at radius 3 is 2.55 bits per heavy atom. The Kier molecular flexibility index (Phi) is 7.48. The molecule has 11 heteroatoms. The van der Waals surface area contributed by atoms with Gasteiger partial charge in [0.15, 0.2) is 5.82 Å². The van der Waals surface area contributed by atoms with Gasteiger partial charge in [0.2, 0.25) is 0 Å². The Hall–Kier alpha value is -3.67. The zero-order valence-electron chi connectivity index (χ0n) is 28.4. The van der Waals surface area contributed by atoms with Crippen molar-refractivity contribution >= 4 is 27.5 Å². The minimum atomic E-state index is -0.648. The minimum Gasteiger partial charge on any atom is -0.508 e. The normalized spacial score (nSPS) is 26.5. The molecule has 2 aromatic heterocycles. The number of nitrogens with zero attached hydrogens (tertiary/aromatic N) is 6. The summed E-state index contributed by atoms with van der Waals surface area (Å²) in [5.41, 5.74) is 0.735. The van der Waals surface area contributed by atoms with E-state index < -0.39 is 5.82 Å². The van der Waals surface area contributed by atoms with Crippen LogP contribution in [0.25, 0.3) is 32.9 Å². The summed E-state index contributed by atoms with van der Waals surface area (Å²) in [4.78, 5) is 21.5. The quantitative estimate of drug-likeness (QED) is 0.250. The molecular weight excluding hydrogens is 626 g/mol. The maximum absolute atomic E-state index is 17.0. The molecule has 1 spiro atoms. The van der Waals surface area contributed by atoms with Crippen LogP contribution in [0.3, 0.4) is 0 Å². The number of hydrogen-bond acceptors (Lipinski definition) is 9. The number of fused-ring (bicyclic) bond motifs is 3. The molecule has 5 fully saturated rings. The molecule has 2 aromatic carbocycles. The Morgan fingerprint density at radius 1 is 1.04 bits per heavy atom. The molecule has 258 valence electrons. The van der Waals surface area contributed by atoms with Crippen LogP contribution in [0.15, 0.2) is 30.5 Å². The number of hydrogen-bond donors (Lipinski definition) is 1. The lowest BCUT2D eigenvalue weighted by Gasteiger charge is -2.48. The molecule has 4 aliphatic heterocycles. The van der Waals surface area contributed by atoms with Crippen LogP contribution in [0.1, 0.15) is 44.6 Å². The SMILES string of the molecule is CCc1c(F)ccc2cc(O)cc(-c3ncc4c(N5CCCC6(CCO6)C5)nc(OCC5(CN6CC7CN(C)CC7C6)CC5)nc4c3F)c12. The molecule has 0 radical (unpaired) electrons. The number of likely N-dealkylation sites (tertiary alicyclic amines) is 2. The van der Waals surface area contributed by atoms with Crippen LogP contribution in [-0.2, 0) is 11.2 Å². The van der Waals surface area contributed by atoms with E-state index in [4.69, 9.17) is 19.4 Å². The van der Waals surface area contributed by atoms with Gasteiger partial charge >= 0.3 is 6.01 Å². The van der Waals surface area contributed by atoms with Gasteiger partial charge in [0, 0.05) is 69.4 Å². The summed E-state index contributed by atoms with van der Waals surface area (Å²) >= 11 is 0. The van der Waals surface area contributed by atoms with Gasteiger partial charge in [-0.1, -0.05) is 13.0 Å². The third-order valence-electron chi connectivity index (χ3n) is 12.0. The van der Waals surface area contributed by atoms with Crippen molar-refractivity contribution in [2.75, 3.05) is 71.0 Å². The molecule has 1 N–H and O–H groups in total. The van der Waals surface area contributed by atoms with Crippen molar-refractivity contribution in [3.8, 4) is 23.0 Å². The number of ether oxygens (including phenoxy) is 2. The molecule has 9 rings (SSSR count). The van der Waals surface area contributed by atoms with Gasteiger partial charge in [0.25, 0.3) is 0 Å². The second-order valence-corrected chi connectivity index (χ2v) is 15.5. The Labute approximate surface area is 285 Å². The van der Waals surface area contributed by atoms with Crippen LogP contribution < -0.4 is 9.64 Å². The molecule has 6 heterocycles. The summed E-state index contributed by atoms with van der Waals surface area (Å²) in [7, 11) is 2.22. The maximum Gasteiger partial charge on any atom is 0.319 e. The van der Waals surface area contributed by atoms with E-state index in [0.29, 0.717) is 52.7 Å². The Balaban J connectivity index is 1.09. The average Bonchev–Trinajstić information content (AvgIpc) is 3.62. The predicted molar refractivity (Wildman–Crippen MR) is 184 cm³/mol. The van der Waals surface area contributed by atoms with E-state index in [9.17, 15) is 5.11 Å². The zero-order chi connectivity index (χ0) is 33.5. The van der Waals surface area contributed by atoms with E-state index in [1.807, 2.05) is 6.92 Å². The highest BCUT2D eigenvalue weighted by Gasteiger charge is 2.48. The van der Waals surface area contributed by atoms with Crippen LogP contribution in [0, 0.1) is 28.9 Å². The lowest BCUT2D eigenvalue weighted by atomic mass is 9.86. The summed E-state index contributed by atoms with van der Waals surface area (Å²) in [5, 5.41) is 12.3. The molecule has 3 unspecified atom stereocenters. The topological polar surface area (TPSA) is 87.1 Å². The molecular formula is C38H44F2N6O3. The molecule has 1 aliphatic carbocycles.